The summed E-state index contributed by atoms with van der Waals surface area (Å²) in [5.41, 5.74) is 2.58. The molecule has 22 heavy (non-hydrogen) atoms. The third-order valence-corrected chi connectivity index (χ3v) is 6.34. The van der Waals surface area contributed by atoms with Crippen molar-refractivity contribution in [1.82, 2.24) is 14.8 Å². The average Bonchev–Trinajstić information content (AvgIpc) is 3.22. The smallest absolute Gasteiger partial charge is 0.131 e. The van der Waals surface area contributed by atoms with Crippen LogP contribution in [0.5, 0.6) is 0 Å². The molecule has 1 saturated carbocycles. The third-order valence-electron chi connectivity index (χ3n) is 5.12. The second-order valence-electron chi connectivity index (χ2n) is 6.36. The SMILES string of the molecule is CCc1cnn(C2CCC3(CNc4ncc(Br)c(Cl)c43)C2)c1. The maximum atomic E-state index is 6.58. The standard InChI is InChI=1S/C16H18BrClN4/c1-2-10-6-21-22(8-10)11-3-4-16(5-11)9-20-15-13(16)14(18)12(17)7-19-15/h6-8,11H,2-5,9H2,1H3,(H,19,20). The van der Waals surface area contributed by atoms with E-state index in [-0.39, 0.29) is 5.41 Å². The Bertz CT molecular complexity index is 729. The molecule has 2 atom stereocenters. The number of halogens is 2. The Morgan fingerprint density at radius 3 is 3.14 bits per heavy atom. The number of pyridine rings is 1. The van der Waals surface area contributed by atoms with Crippen molar-refractivity contribution < 1.29 is 0 Å². The van der Waals surface area contributed by atoms with Crippen LogP contribution >= 0.6 is 27.5 Å². The highest BCUT2D eigenvalue weighted by Crippen LogP contribution is 2.54. The highest BCUT2D eigenvalue weighted by Gasteiger charge is 2.48. The van der Waals surface area contributed by atoms with Crippen molar-refractivity contribution in [2.75, 3.05) is 11.9 Å². The maximum Gasteiger partial charge on any atom is 0.131 e. The van der Waals surface area contributed by atoms with Gasteiger partial charge in [0.2, 0.25) is 0 Å². The fraction of sp³-hybridized carbons (Fsp3) is 0.500. The molecule has 2 aromatic heterocycles. The average molecular weight is 382 g/mol. The maximum absolute atomic E-state index is 6.58. The topological polar surface area (TPSA) is 42.7 Å². The van der Waals surface area contributed by atoms with E-state index >= 15 is 0 Å². The highest BCUT2D eigenvalue weighted by molar-refractivity contribution is 9.10. The van der Waals surface area contributed by atoms with Crippen LogP contribution in [0.2, 0.25) is 5.02 Å². The van der Waals surface area contributed by atoms with Crippen LogP contribution in [0.1, 0.15) is 43.4 Å². The van der Waals surface area contributed by atoms with E-state index in [1.54, 1.807) is 6.20 Å². The summed E-state index contributed by atoms with van der Waals surface area (Å²) in [6.07, 6.45) is 10.3. The van der Waals surface area contributed by atoms with Crippen molar-refractivity contribution in [2.24, 2.45) is 0 Å². The number of nitrogens with one attached hydrogen (secondary N) is 1. The number of anilines is 1. The monoisotopic (exact) mass is 380 g/mol. The molecule has 0 bridgehead atoms. The van der Waals surface area contributed by atoms with Gasteiger partial charge in [0.15, 0.2) is 0 Å². The second kappa shape index (κ2) is 5.24. The minimum absolute atomic E-state index is 0.0895. The highest BCUT2D eigenvalue weighted by atomic mass is 79.9. The van der Waals surface area contributed by atoms with Crippen LogP contribution in [0.4, 0.5) is 5.82 Å². The Balaban J connectivity index is 1.68. The van der Waals surface area contributed by atoms with Gasteiger partial charge < -0.3 is 5.32 Å². The van der Waals surface area contributed by atoms with Crippen LogP contribution in [0.15, 0.2) is 23.1 Å². The van der Waals surface area contributed by atoms with Gasteiger partial charge in [-0.2, -0.15) is 5.10 Å². The van der Waals surface area contributed by atoms with Crippen LogP contribution in [0.25, 0.3) is 0 Å². The Kier molecular flexibility index (Phi) is 3.46. The van der Waals surface area contributed by atoms with Gasteiger partial charge in [0.25, 0.3) is 0 Å². The fourth-order valence-corrected chi connectivity index (χ4v) is 4.54. The van der Waals surface area contributed by atoms with Crippen LogP contribution in [-0.4, -0.2) is 21.3 Å². The molecular formula is C16H18BrClN4. The number of aromatic nitrogens is 3. The van der Waals surface area contributed by atoms with E-state index in [9.17, 15) is 0 Å². The summed E-state index contributed by atoms with van der Waals surface area (Å²) in [7, 11) is 0. The lowest BCUT2D eigenvalue weighted by Gasteiger charge is -2.24. The van der Waals surface area contributed by atoms with Gasteiger partial charge in [-0.1, -0.05) is 18.5 Å². The van der Waals surface area contributed by atoms with Crippen molar-refractivity contribution in [2.45, 2.75) is 44.1 Å². The van der Waals surface area contributed by atoms with E-state index in [0.717, 1.165) is 47.5 Å². The minimum Gasteiger partial charge on any atom is -0.369 e. The number of hydrogen-bond donors (Lipinski definition) is 1. The summed E-state index contributed by atoms with van der Waals surface area (Å²) in [6.45, 7) is 3.08. The molecule has 1 aliphatic heterocycles. The zero-order valence-electron chi connectivity index (χ0n) is 12.4. The van der Waals surface area contributed by atoms with Crippen molar-refractivity contribution in [3.05, 3.63) is 39.2 Å². The van der Waals surface area contributed by atoms with Crippen molar-refractivity contribution in [1.29, 1.82) is 0 Å². The molecule has 0 aromatic carbocycles. The lowest BCUT2D eigenvalue weighted by Crippen LogP contribution is -2.25. The Morgan fingerprint density at radius 2 is 2.36 bits per heavy atom. The van der Waals surface area contributed by atoms with Gasteiger partial charge in [0, 0.05) is 29.9 Å². The largest absolute Gasteiger partial charge is 0.369 e. The summed E-state index contributed by atoms with van der Waals surface area (Å²) in [6, 6.07) is 0.447. The predicted molar refractivity (Wildman–Crippen MR) is 91.6 cm³/mol. The van der Waals surface area contributed by atoms with E-state index in [4.69, 9.17) is 11.6 Å². The van der Waals surface area contributed by atoms with E-state index in [2.05, 4.69) is 49.1 Å². The number of nitrogens with zero attached hydrogens (tertiary/aromatic N) is 3. The van der Waals surface area contributed by atoms with Crippen LogP contribution in [0.3, 0.4) is 0 Å². The van der Waals surface area contributed by atoms with Crippen molar-refractivity contribution in [3.8, 4) is 0 Å². The van der Waals surface area contributed by atoms with Gasteiger partial charge in [-0.05, 0) is 47.2 Å². The third kappa shape index (κ3) is 2.09. The van der Waals surface area contributed by atoms with Crippen LogP contribution in [-0.2, 0) is 11.8 Å². The Hall–Kier alpha value is -1.07. The number of aryl methyl sites for hydroxylation is 1. The van der Waals surface area contributed by atoms with Gasteiger partial charge in [0.1, 0.15) is 5.82 Å². The quantitative estimate of drug-likeness (QED) is 0.841. The van der Waals surface area contributed by atoms with E-state index in [1.165, 1.54) is 11.1 Å². The normalized spacial score (nSPS) is 26.4. The molecule has 2 unspecified atom stereocenters. The molecule has 2 aliphatic rings. The van der Waals surface area contributed by atoms with Gasteiger partial charge in [-0.3, -0.25) is 4.68 Å². The lowest BCUT2D eigenvalue weighted by molar-refractivity contribution is 0.418. The lowest BCUT2D eigenvalue weighted by atomic mass is 9.81. The molecule has 3 heterocycles. The summed E-state index contributed by atoms with van der Waals surface area (Å²) in [5.74, 6) is 0.948. The van der Waals surface area contributed by atoms with Gasteiger partial charge in [-0.15, -0.1) is 0 Å². The zero-order chi connectivity index (χ0) is 15.3. The van der Waals surface area contributed by atoms with Crippen LogP contribution in [0, 0.1) is 0 Å². The van der Waals surface area contributed by atoms with Crippen molar-refractivity contribution in [3.63, 3.8) is 0 Å². The number of rotatable bonds is 2. The summed E-state index contributed by atoms with van der Waals surface area (Å²) in [4.78, 5) is 4.49. The molecule has 2 aromatic rings. The van der Waals surface area contributed by atoms with Gasteiger partial charge in [-0.25, -0.2) is 4.98 Å². The molecule has 1 spiro atoms. The first kappa shape index (κ1) is 14.5. The first-order valence-corrected chi connectivity index (χ1v) is 8.91. The van der Waals surface area contributed by atoms with E-state index in [1.807, 2.05) is 6.20 Å². The molecular weight excluding hydrogens is 364 g/mol. The summed E-state index contributed by atoms with van der Waals surface area (Å²) >= 11 is 10.1. The summed E-state index contributed by atoms with van der Waals surface area (Å²) in [5, 5.41) is 8.81. The van der Waals surface area contributed by atoms with Gasteiger partial charge >= 0.3 is 0 Å². The van der Waals surface area contributed by atoms with Crippen molar-refractivity contribution >= 4 is 33.3 Å². The number of hydrogen-bond acceptors (Lipinski definition) is 3. The molecule has 116 valence electrons. The number of fused-ring (bicyclic) bond motifs is 2. The van der Waals surface area contributed by atoms with Crippen LogP contribution < -0.4 is 5.32 Å². The molecule has 4 nitrogen and oxygen atoms in total. The molecule has 0 saturated heterocycles. The molecule has 1 aliphatic carbocycles. The Morgan fingerprint density at radius 1 is 1.50 bits per heavy atom. The summed E-state index contributed by atoms with van der Waals surface area (Å²) < 4.78 is 3.03. The Labute approximate surface area is 143 Å². The first-order chi connectivity index (χ1) is 10.6. The molecule has 0 amide bonds. The second-order valence-corrected chi connectivity index (χ2v) is 7.59. The molecule has 0 radical (unpaired) electrons. The fourth-order valence-electron chi connectivity index (χ4n) is 3.90. The van der Waals surface area contributed by atoms with E-state index < -0.39 is 0 Å². The molecule has 1 fully saturated rings. The van der Waals surface area contributed by atoms with E-state index in [0.29, 0.717) is 6.04 Å². The first-order valence-electron chi connectivity index (χ1n) is 7.74. The molecule has 1 N–H and O–H groups in total. The zero-order valence-corrected chi connectivity index (χ0v) is 14.8. The molecule has 6 heteroatoms. The van der Waals surface area contributed by atoms with Gasteiger partial charge in [0.05, 0.1) is 21.7 Å². The predicted octanol–water partition coefficient (Wildman–Crippen LogP) is 4.34. The minimum atomic E-state index is 0.0895. The molecule has 4 rings (SSSR count).